The Labute approximate surface area is 189 Å². The van der Waals surface area contributed by atoms with E-state index in [4.69, 9.17) is 14.3 Å². The largest absolute Gasteiger partial charge is 0.377 e. The van der Waals surface area contributed by atoms with Crippen LogP contribution in [-0.2, 0) is 20.5 Å². The summed E-state index contributed by atoms with van der Waals surface area (Å²) in [5, 5.41) is 7.02. The van der Waals surface area contributed by atoms with Gasteiger partial charge < -0.3 is 19.5 Å². The predicted molar refractivity (Wildman–Crippen MR) is 122 cm³/mol. The first kappa shape index (κ1) is 24.1. The number of aromatic nitrogens is 1. The van der Waals surface area contributed by atoms with E-state index in [9.17, 15) is 8.42 Å². The second-order valence-electron chi connectivity index (χ2n) is 6.81. The van der Waals surface area contributed by atoms with Gasteiger partial charge in [-0.2, -0.15) is 4.31 Å². The Morgan fingerprint density at radius 3 is 2.72 bits per heavy atom. The number of hydrogen-bond donors (Lipinski definition) is 1. The van der Waals surface area contributed by atoms with Gasteiger partial charge in [-0.25, -0.2) is 8.42 Å². The summed E-state index contributed by atoms with van der Waals surface area (Å²) in [6, 6.07) is 1.58. The first-order valence-corrected chi connectivity index (χ1v) is 11.4. The monoisotopic (exact) mass is 539 g/mol. The minimum atomic E-state index is -3.39. The first-order valence-electron chi connectivity index (χ1n) is 9.74. The van der Waals surface area contributed by atoms with E-state index >= 15 is 0 Å². The number of halogens is 1. The predicted octanol–water partition coefficient (Wildman–Crippen LogP) is 1.44. The molecule has 0 spiro atoms. The molecule has 0 aromatic carbocycles. The number of aliphatic imine (C=N–C) groups is 1. The van der Waals surface area contributed by atoms with Crippen molar-refractivity contribution in [3.05, 3.63) is 29.7 Å². The minimum absolute atomic E-state index is 0. The van der Waals surface area contributed by atoms with E-state index < -0.39 is 10.0 Å². The fourth-order valence-electron chi connectivity index (χ4n) is 3.29. The maximum absolute atomic E-state index is 12.6. The lowest BCUT2D eigenvalue weighted by Gasteiger charge is -2.35. The summed E-state index contributed by atoms with van der Waals surface area (Å²) in [5.41, 5.74) is 1.83. The molecule has 0 amide bonds. The van der Waals surface area contributed by atoms with E-state index in [0.29, 0.717) is 38.5 Å². The third kappa shape index (κ3) is 7.23. The molecule has 0 saturated carbocycles. The van der Waals surface area contributed by atoms with Crippen LogP contribution in [0.3, 0.4) is 0 Å². The van der Waals surface area contributed by atoms with Crippen LogP contribution in [0.5, 0.6) is 0 Å². The molecule has 0 unspecified atom stereocenters. The molecule has 1 aromatic heterocycles. The lowest BCUT2D eigenvalue weighted by molar-refractivity contribution is 0.153. The van der Waals surface area contributed by atoms with Gasteiger partial charge in [0.05, 0.1) is 18.9 Å². The maximum Gasteiger partial charge on any atom is 0.220 e. The Morgan fingerprint density at radius 1 is 1.31 bits per heavy atom. The summed E-state index contributed by atoms with van der Waals surface area (Å²) in [4.78, 5) is 6.87. The van der Waals surface area contributed by atoms with Gasteiger partial charge in [-0.15, -0.1) is 24.0 Å². The molecule has 164 valence electrons. The molecule has 2 aliphatic heterocycles. The lowest BCUT2D eigenvalue weighted by Crippen LogP contribution is -2.53. The Balaban J connectivity index is 0.00000300. The number of piperazine rings is 1. The van der Waals surface area contributed by atoms with Crippen molar-refractivity contribution in [3.63, 3.8) is 0 Å². The maximum atomic E-state index is 12.6. The molecule has 3 rings (SSSR count). The van der Waals surface area contributed by atoms with Crippen molar-refractivity contribution >= 4 is 40.0 Å². The molecule has 1 aromatic rings. The number of rotatable bonds is 7. The standard InChI is InChI=1S/C18H29N5O4S.HI/c1-2-19-18(20-7-3-16-4-12-26-13-5-16)22-8-10-23(11-9-22)28(24,25)15-17-6-14-27-21-17;/h4,6,14H,2-3,5,7-13,15H2,1H3,(H,19,20);1H. The fourth-order valence-corrected chi connectivity index (χ4v) is 4.72. The van der Waals surface area contributed by atoms with E-state index in [1.165, 1.54) is 16.1 Å². The molecule has 11 heteroatoms. The summed E-state index contributed by atoms with van der Waals surface area (Å²) in [6.45, 7) is 7.12. The van der Waals surface area contributed by atoms with Gasteiger partial charge in [0.25, 0.3) is 0 Å². The molecule has 29 heavy (non-hydrogen) atoms. The quantitative estimate of drug-likeness (QED) is 0.242. The van der Waals surface area contributed by atoms with E-state index in [-0.39, 0.29) is 29.7 Å². The zero-order valence-corrected chi connectivity index (χ0v) is 19.9. The second kappa shape index (κ2) is 11.9. The second-order valence-corrected chi connectivity index (χ2v) is 8.77. The highest BCUT2D eigenvalue weighted by atomic mass is 127. The molecule has 1 saturated heterocycles. The van der Waals surface area contributed by atoms with Crippen LogP contribution in [0.15, 0.2) is 33.5 Å². The Morgan fingerprint density at radius 2 is 2.10 bits per heavy atom. The van der Waals surface area contributed by atoms with E-state index in [1.807, 2.05) is 6.92 Å². The molecular formula is C18H30IN5O4S. The number of sulfonamides is 1. The summed E-state index contributed by atoms with van der Waals surface area (Å²) < 4.78 is 36.7. The van der Waals surface area contributed by atoms with Crippen molar-refractivity contribution in [1.29, 1.82) is 0 Å². The molecular weight excluding hydrogens is 509 g/mol. The van der Waals surface area contributed by atoms with Crippen molar-refractivity contribution in [1.82, 2.24) is 19.7 Å². The van der Waals surface area contributed by atoms with Crippen molar-refractivity contribution in [2.75, 3.05) is 52.5 Å². The minimum Gasteiger partial charge on any atom is -0.377 e. The lowest BCUT2D eigenvalue weighted by atomic mass is 10.1. The van der Waals surface area contributed by atoms with Crippen molar-refractivity contribution < 1.29 is 17.7 Å². The molecule has 0 aliphatic carbocycles. The zero-order valence-electron chi connectivity index (χ0n) is 16.7. The molecule has 0 bridgehead atoms. The van der Waals surface area contributed by atoms with Crippen LogP contribution < -0.4 is 5.32 Å². The van der Waals surface area contributed by atoms with Crippen LogP contribution in [0.4, 0.5) is 0 Å². The van der Waals surface area contributed by atoms with Crippen LogP contribution in [0.2, 0.25) is 0 Å². The topological polar surface area (TPSA) is 100 Å². The fraction of sp³-hybridized carbons (Fsp3) is 0.667. The third-order valence-corrected chi connectivity index (χ3v) is 6.65. The van der Waals surface area contributed by atoms with Crippen LogP contribution in [0.1, 0.15) is 25.5 Å². The number of ether oxygens (including phenoxy) is 1. The van der Waals surface area contributed by atoms with Crippen LogP contribution >= 0.6 is 24.0 Å². The number of hydrogen-bond acceptors (Lipinski definition) is 6. The Kier molecular flexibility index (Phi) is 9.86. The van der Waals surface area contributed by atoms with Gasteiger partial charge in [-0.3, -0.25) is 4.99 Å². The van der Waals surface area contributed by atoms with Crippen molar-refractivity contribution in [3.8, 4) is 0 Å². The van der Waals surface area contributed by atoms with Gasteiger partial charge in [0, 0.05) is 45.3 Å². The average Bonchev–Trinajstić information content (AvgIpc) is 3.20. The molecule has 1 fully saturated rings. The van der Waals surface area contributed by atoms with Gasteiger partial charge in [0.1, 0.15) is 12.0 Å². The molecule has 3 heterocycles. The highest BCUT2D eigenvalue weighted by molar-refractivity contribution is 14.0. The van der Waals surface area contributed by atoms with Crippen LogP contribution in [0.25, 0.3) is 0 Å². The molecule has 9 nitrogen and oxygen atoms in total. The SMILES string of the molecule is CCNC(=NCCC1=CCOCC1)N1CCN(S(=O)(=O)Cc2ccon2)CC1.I. The van der Waals surface area contributed by atoms with Gasteiger partial charge in [0.15, 0.2) is 5.96 Å². The summed E-state index contributed by atoms with van der Waals surface area (Å²) in [5.74, 6) is 0.722. The number of nitrogens with zero attached hydrogens (tertiary/aromatic N) is 4. The Hall–Kier alpha value is -1.18. The van der Waals surface area contributed by atoms with Gasteiger partial charge >= 0.3 is 0 Å². The van der Waals surface area contributed by atoms with Crippen molar-refractivity contribution in [2.24, 2.45) is 4.99 Å². The summed E-state index contributed by atoms with van der Waals surface area (Å²) in [7, 11) is -3.39. The highest BCUT2D eigenvalue weighted by Gasteiger charge is 2.28. The molecule has 1 N–H and O–H groups in total. The molecule has 2 aliphatic rings. The molecule has 0 radical (unpaired) electrons. The summed E-state index contributed by atoms with van der Waals surface area (Å²) >= 11 is 0. The Bertz CT molecular complexity index is 774. The van der Waals surface area contributed by atoms with Gasteiger partial charge in [-0.05, 0) is 19.8 Å². The van der Waals surface area contributed by atoms with E-state index in [2.05, 4.69) is 21.4 Å². The molecule has 0 atom stereocenters. The van der Waals surface area contributed by atoms with E-state index in [0.717, 1.165) is 38.5 Å². The number of guanidine groups is 1. The third-order valence-electron chi connectivity index (χ3n) is 4.84. The average molecular weight is 539 g/mol. The number of nitrogens with one attached hydrogen (secondary N) is 1. The zero-order chi connectivity index (χ0) is 19.8. The first-order chi connectivity index (χ1) is 13.6. The van der Waals surface area contributed by atoms with Crippen LogP contribution in [0, 0.1) is 0 Å². The van der Waals surface area contributed by atoms with Gasteiger partial charge in [-0.1, -0.05) is 16.8 Å². The van der Waals surface area contributed by atoms with E-state index in [1.54, 1.807) is 6.07 Å². The normalized spacial score (nSPS) is 18.9. The smallest absolute Gasteiger partial charge is 0.220 e. The summed E-state index contributed by atoms with van der Waals surface area (Å²) in [6.07, 6.45) is 5.45. The van der Waals surface area contributed by atoms with Crippen molar-refractivity contribution in [2.45, 2.75) is 25.5 Å². The van der Waals surface area contributed by atoms with Gasteiger partial charge in [0.2, 0.25) is 10.0 Å². The van der Waals surface area contributed by atoms with Crippen LogP contribution in [-0.4, -0.2) is 81.2 Å². The highest BCUT2D eigenvalue weighted by Crippen LogP contribution is 2.14.